The number of rotatable bonds is 12. The number of hydroxylamine groups is 1. The molecule has 0 aromatic heterocycles. The third-order valence-electron chi connectivity index (χ3n) is 6.44. The Morgan fingerprint density at radius 1 is 1.26 bits per heavy atom. The monoisotopic (exact) mass is 372 g/mol. The van der Waals surface area contributed by atoms with E-state index in [-0.39, 0.29) is 5.54 Å². The van der Waals surface area contributed by atoms with Crippen molar-refractivity contribution in [3.05, 3.63) is 34.9 Å². The van der Waals surface area contributed by atoms with Crippen LogP contribution in [0.1, 0.15) is 83.8 Å². The SMILES string of the molecule is CCCC(C)(NO)[C@H](C)CC(CC)CCNc1ccc(C)c(C=C2CC2)c1. The van der Waals surface area contributed by atoms with Crippen LogP contribution in [0, 0.1) is 18.8 Å². The predicted octanol–water partition coefficient (Wildman–Crippen LogP) is 6.56. The summed E-state index contributed by atoms with van der Waals surface area (Å²) in [6.45, 7) is 12.1. The molecule has 1 fully saturated rings. The van der Waals surface area contributed by atoms with E-state index in [1.54, 1.807) is 5.57 Å². The van der Waals surface area contributed by atoms with Crippen molar-refractivity contribution >= 4 is 11.8 Å². The van der Waals surface area contributed by atoms with Gasteiger partial charge in [-0.15, -0.1) is 0 Å². The van der Waals surface area contributed by atoms with E-state index in [1.165, 1.54) is 42.5 Å². The average molecular weight is 373 g/mol. The number of hydrogen-bond acceptors (Lipinski definition) is 3. The Morgan fingerprint density at radius 2 is 2.00 bits per heavy atom. The zero-order valence-electron chi connectivity index (χ0n) is 18.1. The second-order valence-electron chi connectivity index (χ2n) is 8.78. The molecular weight excluding hydrogens is 332 g/mol. The highest BCUT2D eigenvalue weighted by Crippen LogP contribution is 2.32. The van der Waals surface area contributed by atoms with E-state index in [0.717, 1.165) is 25.8 Å². The molecule has 1 saturated carbocycles. The minimum atomic E-state index is -0.183. The summed E-state index contributed by atoms with van der Waals surface area (Å²) in [6.07, 6.45) is 10.5. The first-order valence-electron chi connectivity index (χ1n) is 10.9. The molecule has 0 saturated heterocycles. The zero-order valence-corrected chi connectivity index (χ0v) is 18.1. The Hall–Kier alpha value is -1.32. The first-order chi connectivity index (χ1) is 12.9. The fourth-order valence-corrected chi connectivity index (χ4v) is 3.94. The largest absolute Gasteiger partial charge is 0.385 e. The van der Waals surface area contributed by atoms with Crippen molar-refractivity contribution in [1.29, 1.82) is 0 Å². The molecule has 1 aromatic rings. The van der Waals surface area contributed by atoms with Gasteiger partial charge in [-0.05, 0) is 81.0 Å². The molecule has 0 aliphatic heterocycles. The summed E-state index contributed by atoms with van der Waals surface area (Å²) in [5, 5.41) is 13.3. The fraction of sp³-hybridized carbons (Fsp3) is 0.667. The molecule has 0 heterocycles. The maximum Gasteiger partial charge on any atom is 0.0427 e. The minimum Gasteiger partial charge on any atom is -0.385 e. The summed E-state index contributed by atoms with van der Waals surface area (Å²) >= 11 is 0. The molecule has 2 unspecified atom stereocenters. The molecule has 1 aliphatic rings. The van der Waals surface area contributed by atoms with Crippen molar-refractivity contribution in [3.63, 3.8) is 0 Å². The van der Waals surface area contributed by atoms with Gasteiger partial charge in [-0.2, -0.15) is 5.48 Å². The zero-order chi connectivity index (χ0) is 19.9. The molecule has 0 spiro atoms. The maximum absolute atomic E-state index is 9.65. The lowest BCUT2D eigenvalue weighted by Crippen LogP contribution is -2.46. The van der Waals surface area contributed by atoms with Crippen molar-refractivity contribution in [2.75, 3.05) is 11.9 Å². The first kappa shape index (κ1) is 22.0. The van der Waals surface area contributed by atoms with Crippen LogP contribution >= 0.6 is 0 Å². The Bertz CT molecular complexity index is 619. The maximum atomic E-state index is 9.65. The van der Waals surface area contributed by atoms with E-state index >= 15 is 0 Å². The van der Waals surface area contributed by atoms with Gasteiger partial charge in [0.05, 0.1) is 0 Å². The van der Waals surface area contributed by atoms with Gasteiger partial charge in [-0.3, -0.25) is 0 Å². The van der Waals surface area contributed by atoms with Crippen molar-refractivity contribution in [2.45, 2.75) is 85.1 Å². The highest BCUT2D eigenvalue weighted by molar-refractivity contribution is 5.64. The van der Waals surface area contributed by atoms with Crippen LogP contribution in [0.3, 0.4) is 0 Å². The second kappa shape index (κ2) is 10.3. The standard InChI is InChI=1S/C24H40N2O/c1-6-13-24(5,26-27)19(4)15-20(7-2)12-14-25-23-11-8-18(3)22(17-23)16-21-9-10-21/h8,11,16-17,19-20,25-27H,6-7,9-10,12-15H2,1-5H3/t19-,20?,24?/m1/s1. The van der Waals surface area contributed by atoms with E-state index in [2.05, 4.69) is 69.7 Å². The third kappa shape index (κ3) is 6.65. The second-order valence-corrected chi connectivity index (χ2v) is 8.78. The van der Waals surface area contributed by atoms with Crippen LogP contribution in [0.15, 0.2) is 23.8 Å². The summed E-state index contributed by atoms with van der Waals surface area (Å²) in [7, 11) is 0. The van der Waals surface area contributed by atoms with Crippen LogP contribution in [0.5, 0.6) is 0 Å². The van der Waals surface area contributed by atoms with E-state index in [4.69, 9.17) is 0 Å². The highest BCUT2D eigenvalue weighted by atomic mass is 16.5. The lowest BCUT2D eigenvalue weighted by atomic mass is 9.77. The summed E-state index contributed by atoms with van der Waals surface area (Å²) < 4.78 is 0. The molecule has 0 amide bonds. The highest BCUT2D eigenvalue weighted by Gasteiger charge is 2.31. The van der Waals surface area contributed by atoms with Crippen molar-refractivity contribution in [3.8, 4) is 0 Å². The molecule has 0 radical (unpaired) electrons. The fourth-order valence-electron chi connectivity index (χ4n) is 3.94. The third-order valence-corrected chi connectivity index (χ3v) is 6.44. The van der Waals surface area contributed by atoms with Crippen LogP contribution in [-0.2, 0) is 0 Å². The quantitative estimate of drug-likeness (QED) is 0.364. The number of benzene rings is 1. The van der Waals surface area contributed by atoms with Crippen molar-refractivity contribution in [2.24, 2.45) is 11.8 Å². The van der Waals surface area contributed by atoms with Gasteiger partial charge in [-0.1, -0.05) is 51.3 Å². The number of hydrogen-bond donors (Lipinski definition) is 3. The average Bonchev–Trinajstić information content (AvgIpc) is 3.47. The van der Waals surface area contributed by atoms with Gasteiger partial charge in [0.2, 0.25) is 0 Å². The van der Waals surface area contributed by atoms with Crippen LogP contribution in [-0.4, -0.2) is 17.3 Å². The Labute approximate surface area is 166 Å². The lowest BCUT2D eigenvalue weighted by Gasteiger charge is -2.36. The van der Waals surface area contributed by atoms with Gasteiger partial charge in [0.25, 0.3) is 0 Å². The van der Waals surface area contributed by atoms with Crippen LogP contribution in [0.4, 0.5) is 5.69 Å². The van der Waals surface area contributed by atoms with E-state index in [0.29, 0.717) is 11.8 Å². The van der Waals surface area contributed by atoms with Crippen molar-refractivity contribution < 1.29 is 5.21 Å². The molecule has 3 nitrogen and oxygen atoms in total. The van der Waals surface area contributed by atoms with Gasteiger partial charge in [-0.25, -0.2) is 0 Å². The number of aryl methyl sites for hydroxylation is 1. The number of nitrogens with one attached hydrogen (secondary N) is 2. The summed E-state index contributed by atoms with van der Waals surface area (Å²) in [5.74, 6) is 1.12. The van der Waals surface area contributed by atoms with E-state index in [1.807, 2.05) is 0 Å². The molecule has 1 aliphatic carbocycles. The number of anilines is 1. The summed E-state index contributed by atoms with van der Waals surface area (Å²) in [4.78, 5) is 0. The normalized spacial score (nSPS) is 17.9. The van der Waals surface area contributed by atoms with Crippen LogP contribution in [0.25, 0.3) is 6.08 Å². The minimum absolute atomic E-state index is 0.183. The molecule has 1 aromatic carbocycles. The molecule has 2 rings (SSSR count). The van der Waals surface area contributed by atoms with Crippen LogP contribution < -0.4 is 10.8 Å². The molecule has 27 heavy (non-hydrogen) atoms. The topological polar surface area (TPSA) is 44.3 Å². The Kier molecular flexibility index (Phi) is 8.37. The Balaban J connectivity index is 1.86. The van der Waals surface area contributed by atoms with Gasteiger partial charge < -0.3 is 10.5 Å². The predicted molar refractivity (Wildman–Crippen MR) is 117 cm³/mol. The summed E-state index contributed by atoms with van der Waals surface area (Å²) in [6, 6.07) is 6.71. The molecule has 3 heteroatoms. The summed E-state index contributed by atoms with van der Waals surface area (Å²) in [5.41, 5.74) is 7.93. The van der Waals surface area contributed by atoms with Crippen molar-refractivity contribution in [1.82, 2.24) is 5.48 Å². The van der Waals surface area contributed by atoms with Crippen LogP contribution in [0.2, 0.25) is 0 Å². The Morgan fingerprint density at radius 3 is 2.59 bits per heavy atom. The van der Waals surface area contributed by atoms with E-state index in [9.17, 15) is 5.21 Å². The molecule has 3 N–H and O–H groups in total. The first-order valence-corrected chi connectivity index (χ1v) is 10.9. The van der Waals surface area contributed by atoms with E-state index < -0.39 is 0 Å². The van der Waals surface area contributed by atoms with Gasteiger partial charge in [0.1, 0.15) is 0 Å². The van der Waals surface area contributed by atoms with Gasteiger partial charge in [0.15, 0.2) is 0 Å². The molecular formula is C24H40N2O. The van der Waals surface area contributed by atoms with Gasteiger partial charge >= 0.3 is 0 Å². The molecule has 0 bridgehead atoms. The number of allylic oxidation sites excluding steroid dienone is 1. The lowest BCUT2D eigenvalue weighted by molar-refractivity contribution is 0.0246. The molecule has 152 valence electrons. The smallest absolute Gasteiger partial charge is 0.0427 e. The molecule has 3 atom stereocenters. The van der Waals surface area contributed by atoms with Gasteiger partial charge in [0, 0.05) is 17.8 Å².